The van der Waals surface area contributed by atoms with Gasteiger partial charge in [-0.3, -0.25) is 19.8 Å². The van der Waals surface area contributed by atoms with Gasteiger partial charge in [0, 0.05) is 12.6 Å². The third kappa shape index (κ3) is 3.03. The van der Waals surface area contributed by atoms with E-state index in [1.54, 1.807) is 23.4 Å². The molecule has 0 aromatic heterocycles. The molecule has 1 aliphatic carbocycles. The van der Waals surface area contributed by atoms with Crippen LogP contribution in [0.3, 0.4) is 0 Å². The number of carbonyl (C=O) groups excluding carboxylic acids is 2. The van der Waals surface area contributed by atoms with E-state index in [2.05, 4.69) is 4.99 Å². The van der Waals surface area contributed by atoms with Gasteiger partial charge in [-0.15, -0.1) is 0 Å². The Labute approximate surface area is 117 Å². The predicted molar refractivity (Wildman–Crippen MR) is 74.1 cm³/mol. The van der Waals surface area contributed by atoms with E-state index in [1.807, 2.05) is 19.1 Å². The maximum Gasteiger partial charge on any atom is 0.267 e. The summed E-state index contributed by atoms with van der Waals surface area (Å²) in [5.74, 6) is -0.815. The smallest absolute Gasteiger partial charge is 0.267 e. The highest BCUT2D eigenvalue weighted by Gasteiger charge is 2.32. The summed E-state index contributed by atoms with van der Waals surface area (Å²) in [5.41, 5.74) is 2.30. The van der Waals surface area contributed by atoms with Crippen LogP contribution in [0.15, 0.2) is 40.9 Å². The van der Waals surface area contributed by atoms with Gasteiger partial charge >= 0.3 is 0 Å². The largest absolute Gasteiger partial charge is 0.303 e. The molecule has 2 unspecified atom stereocenters. The van der Waals surface area contributed by atoms with Crippen LogP contribution in [0.25, 0.3) is 0 Å². The Hall–Kier alpha value is -2.21. The molecule has 6 heteroatoms. The van der Waals surface area contributed by atoms with Gasteiger partial charge in [-0.25, -0.2) is 5.48 Å². The molecule has 1 aliphatic heterocycles. The maximum absolute atomic E-state index is 12.2. The Balaban J connectivity index is 2.12. The zero-order valence-electron chi connectivity index (χ0n) is 11.2. The monoisotopic (exact) mass is 275 g/mol. The van der Waals surface area contributed by atoms with Crippen LogP contribution in [0.1, 0.15) is 13.3 Å². The summed E-state index contributed by atoms with van der Waals surface area (Å²) in [6.07, 6.45) is 10.7. The average molecular weight is 275 g/mol. The number of hydrogen-bond acceptors (Lipinski definition) is 4. The number of hydrogen-bond donors (Lipinski definition) is 2. The number of allylic oxidation sites excluding steroid dienone is 3. The first kappa shape index (κ1) is 14.2. The highest BCUT2D eigenvalue weighted by Crippen LogP contribution is 2.25. The third-order valence-electron chi connectivity index (χ3n) is 3.18. The maximum atomic E-state index is 12.2. The number of amides is 2. The molecular formula is C14H17N3O3. The summed E-state index contributed by atoms with van der Waals surface area (Å²) >= 11 is 0. The van der Waals surface area contributed by atoms with Crippen molar-refractivity contribution in [2.75, 3.05) is 6.54 Å². The molecule has 0 aromatic carbocycles. The molecule has 6 nitrogen and oxygen atoms in total. The number of hydroxylamine groups is 1. The summed E-state index contributed by atoms with van der Waals surface area (Å²) in [7, 11) is 0. The molecule has 1 heterocycles. The van der Waals surface area contributed by atoms with Crippen LogP contribution < -0.4 is 5.48 Å². The SMILES string of the molecule is CCCN1C=NC2C=C(/C=C/C(=O)NO)C=CC2C1=O. The van der Waals surface area contributed by atoms with Gasteiger partial charge in [0.05, 0.1) is 18.3 Å². The molecule has 2 atom stereocenters. The van der Waals surface area contributed by atoms with Crippen LogP contribution in [0.4, 0.5) is 0 Å². The number of aliphatic imine (C=N–C) groups is 1. The lowest BCUT2D eigenvalue weighted by Gasteiger charge is -2.31. The molecule has 20 heavy (non-hydrogen) atoms. The fraction of sp³-hybridized carbons (Fsp3) is 0.357. The standard InChI is InChI=1S/C14H17N3O3/c1-2-7-17-9-15-12-8-10(4-6-13(18)16-20)3-5-11(12)14(17)19/h3-6,8-9,11-12,20H,2,7H2,1H3,(H,16,18)/b6-4+. The van der Waals surface area contributed by atoms with E-state index in [-0.39, 0.29) is 17.9 Å². The first-order valence-electron chi connectivity index (χ1n) is 6.51. The number of nitrogens with zero attached hydrogens (tertiary/aromatic N) is 2. The molecular weight excluding hydrogens is 258 g/mol. The van der Waals surface area contributed by atoms with Gasteiger partial charge < -0.3 is 4.90 Å². The molecule has 106 valence electrons. The molecule has 2 N–H and O–H groups in total. The van der Waals surface area contributed by atoms with Gasteiger partial charge in [0.1, 0.15) is 0 Å². The van der Waals surface area contributed by atoms with Crippen LogP contribution in [-0.4, -0.2) is 40.8 Å². The molecule has 2 aliphatic rings. The zero-order chi connectivity index (χ0) is 14.5. The number of nitrogens with one attached hydrogen (secondary N) is 1. The van der Waals surface area contributed by atoms with Gasteiger partial charge in [0.25, 0.3) is 5.91 Å². The van der Waals surface area contributed by atoms with E-state index in [0.29, 0.717) is 6.54 Å². The molecule has 0 fully saturated rings. The second-order valence-electron chi connectivity index (χ2n) is 4.65. The van der Waals surface area contributed by atoms with Crippen molar-refractivity contribution in [1.29, 1.82) is 0 Å². The van der Waals surface area contributed by atoms with Gasteiger partial charge in [0.2, 0.25) is 5.91 Å². The molecule has 2 amide bonds. The molecule has 0 radical (unpaired) electrons. The average Bonchev–Trinajstić information content (AvgIpc) is 2.47. The molecule has 0 saturated carbocycles. The zero-order valence-corrected chi connectivity index (χ0v) is 11.2. The summed E-state index contributed by atoms with van der Waals surface area (Å²) in [6.45, 7) is 2.69. The number of rotatable bonds is 4. The second kappa shape index (κ2) is 6.29. The Bertz CT molecular complexity index is 520. The summed E-state index contributed by atoms with van der Waals surface area (Å²) in [6, 6.07) is -0.225. The van der Waals surface area contributed by atoms with E-state index < -0.39 is 5.91 Å². The van der Waals surface area contributed by atoms with E-state index in [1.165, 1.54) is 11.6 Å². The quantitative estimate of drug-likeness (QED) is 0.452. The number of fused-ring (bicyclic) bond motifs is 1. The van der Waals surface area contributed by atoms with Crippen LogP contribution in [-0.2, 0) is 9.59 Å². The number of carbonyl (C=O) groups is 2. The van der Waals surface area contributed by atoms with E-state index >= 15 is 0 Å². The predicted octanol–water partition coefficient (Wildman–Crippen LogP) is 0.809. The fourth-order valence-electron chi connectivity index (χ4n) is 2.18. The summed E-state index contributed by atoms with van der Waals surface area (Å²) in [5, 5.41) is 8.40. The lowest BCUT2D eigenvalue weighted by molar-refractivity contribution is -0.130. The molecule has 0 spiro atoms. The highest BCUT2D eigenvalue weighted by molar-refractivity contribution is 5.94. The first-order chi connectivity index (χ1) is 9.65. The summed E-state index contributed by atoms with van der Waals surface area (Å²) < 4.78 is 0. The Kier molecular flexibility index (Phi) is 4.47. The van der Waals surface area contributed by atoms with Crippen LogP contribution in [0.2, 0.25) is 0 Å². The van der Waals surface area contributed by atoms with Gasteiger partial charge in [-0.1, -0.05) is 25.2 Å². The molecule has 2 rings (SSSR count). The van der Waals surface area contributed by atoms with Crippen molar-refractivity contribution in [2.45, 2.75) is 19.4 Å². The van der Waals surface area contributed by atoms with E-state index in [0.717, 1.165) is 12.0 Å². The first-order valence-corrected chi connectivity index (χ1v) is 6.51. The topological polar surface area (TPSA) is 82.0 Å². The van der Waals surface area contributed by atoms with Gasteiger partial charge in [-0.05, 0) is 18.1 Å². The van der Waals surface area contributed by atoms with Crippen molar-refractivity contribution < 1.29 is 14.8 Å². The van der Waals surface area contributed by atoms with Crippen molar-refractivity contribution in [3.63, 3.8) is 0 Å². The van der Waals surface area contributed by atoms with Gasteiger partial charge in [-0.2, -0.15) is 0 Å². The minimum atomic E-state index is -0.598. The van der Waals surface area contributed by atoms with Crippen molar-refractivity contribution in [3.05, 3.63) is 36.0 Å². The normalized spacial score (nSPS) is 24.8. The Morgan fingerprint density at radius 3 is 3.10 bits per heavy atom. The molecule has 0 bridgehead atoms. The third-order valence-corrected chi connectivity index (χ3v) is 3.18. The van der Waals surface area contributed by atoms with Gasteiger partial charge in [0.15, 0.2) is 0 Å². The van der Waals surface area contributed by atoms with Crippen LogP contribution >= 0.6 is 0 Å². The summed E-state index contributed by atoms with van der Waals surface area (Å²) in [4.78, 5) is 29.1. The fourth-order valence-corrected chi connectivity index (χ4v) is 2.18. The minimum absolute atomic E-state index is 0.0514. The van der Waals surface area contributed by atoms with Crippen LogP contribution in [0, 0.1) is 5.92 Å². The lowest BCUT2D eigenvalue weighted by atomic mass is 9.89. The Morgan fingerprint density at radius 2 is 2.40 bits per heavy atom. The molecule has 0 saturated heterocycles. The van der Waals surface area contributed by atoms with Crippen molar-refractivity contribution in [2.24, 2.45) is 10.9 Å². The lowest BCUT2D eigenvalue weighted by Crippen LogP contribution is -2.43. The van der Waals surface area contributed by atoms with Crippen molar-refractivity contribution in [3.8, 4) is 0 Å². The van der Waals surface area contributed by atoms with Crippen molar-refractivity contribution >= 4 is 18.2 Å². The second-order valence-corrected chi connectivity index (χ2v) is 4.65. The minimum Gasteiger partial charge on any atom is -0.303 e. The van der Waals surface area contributed by atoms with E-state index in [4.69, 9.17) is 5.21 Å². The Morgan fingerprint density at radius 1 is 1.60 bits per heavy atom. The molecule has 0 aromatic rings. The highest BCUT2D eigenvalue weighted by atomic mass is 16.5. The van der Waals surface area contributed by atoms with Crippen molar-refractivity contribution in [1.82, 2.24) is 10.4 Å². The van der Waals surface area contributed by atoms with Crippen LogP contribution in [0.5, 0.6) is 0 Å². The van der Waals surface area contributed by atoms with E-state index in [9.17, 15) is 9.59 Å².